The zero-order valence-electron chi connectivity index (χ0n) is 18.6. The van der Waals surface area contributed by atoms with Crippen molar-refractivity contribution in [3.8, 4) is 11.1 Å². The lowest BCUT2D eigenvalue weighted by atomic mass is 9.99. The smallest absolute Gasteiger partial charge is 0.176 e. The number of hydrogen-bond acceptors (Lipinski definition) is 4. The lowest BCUT2D eigenvalue weighted by Crippen LogP contribution is -2.34. The first kappa shape index (κ1) is 26.9. The van der Waals surface area contributed by atoms with Crippen LogP contribution in [-0.4, -0.2) is 60.6 Å². The number of benzene rings is 2. The van der Waals surface area contributed by atoms with Crippen molar-refractivity contribution < 1.29 is 9.59 Å². The van der Waals surface area contributed by atoms with Crippen molar-refractivity contribution in [3.63, 3.8) is 0 Å². The Hall–Kier alpha value is -1.34. The van der Waals surface area contributed by atoms with E-state index in [1.54, 1.807) is 0 Å². The van der Waals surface area contributed by atoms with Gasteiger partial charge in [-0.1, -0.05) is 61.4 Å². The average Bonchev–Trinajstić information content (AvgIpc) is 2.80. The first-order valence-corrected chi connectivity index (χ1v) is 11.4. The second-order valence-corrected chi connectivity index (χ2v) is 8.67. The number of likely N-dealkylation sites (tertiary alicyclic amines) is 2. The zero-order chi connectivity index (χ0) is 20.8. The average molecular weight is 566 g/mol. The minimum Gasteiger partial charge on any atom is -0.296 e. The minimum atomic E-state index is 0. The quantitative estimate of drug-likeness (QED) is 0.395. The molecule has 2 aliphatic heterocycles. The molecule has 6 heteroatoms. The van der Waals surface area contributed by atoms with Gasteiger partial charge in [-0.05, 0) is 63.0 Å². The molecular formula is C26H34Br2N2O2. The third-order valence-electron chi connectivity index (χ3n) is 6.38. The summed E-state index contributed by atoms with van der Waals surface area (Å²) in [5.41, 5.74) is 3.69. The molecule has 0 saturated carbocycles. The number of carbonyl (C=O) groups is 2. The SMILES string of the molecule is Br.Br.O=C(CN1CCCCC1)c1ccc(-c2ccc(C(=O)CN3CCCCC3)cc2)cc1. The minimum absolute atomic E-state index is 0. The zero-order valence-corrected chi connectivity index (χ0v) is 22.1. The topological polar surface area (TPSA) is 40.6 Å². The Balaban J connectivity index is 0.00000181. The molecule has 0 bridgehead atoms. The fraction of sp³-hybridized carbons (Fsp3) is 0.462. The van der Waals surface area contributed by atoms with Crippen LogP contribution in [-0.2, 0) is 0 Å². The summed E-state index contributed by atoms with van der Waals surface area (Å²) in [5.74, 6) is 0.393. The molecule has 0 radical (unpaired) electrons. The van der Waals surface area contributed by atoms with E-state index in [-0.39, 0.29) is 45.5 Å². The molecule has 0 spiro atoms. The van der Waals surface area contributed by atoms with Gasteiger partial charge in [-0.2, -0.15) is 0 Å². The van der Waals surface area contributed by atoms with Gasteiger partial charge in [0.1, 0.15) is 0 Å². The first-order chi connectivity index (χ1) is 14.7. The number of nitrogens with zero attached hydrogens (tertiary/aromatic N) is 2. The van der Waals surface area contributed by atoms with Crippen LogP contribution in [0.1, 0.15) is 59.2 Å². The van der Waals surface area contributed by atoms with Gasteiger partial charge in [-0.15, -0.1) is 34.0 Å². The van der Waals surface area contributed by atoms with Crippen LogP contribution < -0.4 is 0 Å². The Morgan fingerprint density at radius 3 is 1.16 bits per heavy atom. The summed E-state index contributed by atoms with van der Waals surface area (Å²) < 4.78 is 0. The molecular weight excluding hydrogens is 532 g/mol. The Morgan fingerprint density at radius 1 is 0.531 bits per heavy atom. The summed E-state index contributed by atoms with van der Waals surface area (Å²) in [6, 6.07) is 15.7. The van der Waals surface area contributed by atoms with Crippen molar-refractivity contribution in [1.29, 1.82) is 0 Å². The Kier molecular flexibility index (Phi) is 11.3. The van der Waals surface area contributed by atoms with Gasteiger partial charge in [-0.3, -0.25) is 19.4 Å². The molecule has 2 aromatic carbocycles. The molecule has 0 unspecified atom stereocenters. The maximum absolute atomic E-state index is 12.6. The molecule has 0 aromatic heterocycles. The highest BCUT2D eigenvalue weighted by Gasteiger charge is 2.16. The highest BCUT2D eigenvalue weighted by molar-refractivity contribution is 8.93. The predicted octanol–water partition coefficient (Wildman–Crippen LogP) is 5.85. The molecule has 2 aliphatic rings. The van der Waals surface area contributed by atoms with Crippen molar-refractivity contribution >= 4 is 45.5 Å². The van der Waals surface area contributed by atoms with E-state index in [4.69, 9.17) is 0 Å². The first-order valence-electron chi connectivity index (χ1n) is 11.4. The van der Waals surface area contributed by atoms with Crippen LogP contribution in [0.2, 0.25) is 0 Å². The fourth-order valence-corrected chi connectivity index (χ4v) is 4.52. The van der Waals surface area contributed by atoms with Gasteiger partial charge < -0.3 is 0 Å². The maximum Gasteiger partial charge on any atom is 0.176 e. The van der Waals surface area contributed by atoms with Crippen LogP contribution in [0.25, 0.3) is 11.1 Å². The van der Waals surface area contributed by atoms with Crippen molar-refractivity contribution in [2.24, 2.45) is 0 Å². The summed E-state index contributed by atoms with van der Waals surface area (Å²) in [6.07, 6.45) is 7.35. The van der Waals surface area contributed by atoms with Gasteiger partial charge in [-0.25, -0.2) is 0 Å². The number of Topliss-reactive ketones (excluding diaryl/α,β-unsaturated/α-hetero) is 2. The molecule has 4 nitrogen and oxygen atoms in total. The van der Waals surface area contributed by atoms with E-state index < -0.39 is 0 Å². The van der Waals surface area contributed by atoms with Crippen LogP contribution in [0.5, 0.6) is 0 Å². The van der Waals surface area contributed by atoms with Crippen LogP contribution in [0.3, 0.4) is 0 Å². The summed E-state index contributed by atoms with van der Waals surface area (Å²) in [7, 11) is 0. The van der Waals surface area contributed by atoms with Crippen molar-refractivity contribution in [2.75, 3.05) is 39.3 Å². The molecule has 0 atom stereocenters. The highest BCUT2D eigenvalue weighted by atomic mass is 79.9. The van der Waals surface area contributed by atoms with Crippen molar-refractivity contribution in [2.45, 2.75) is 38.5 Å². The van der Waals surface area contributed by atoms with Gasteiger partial charge in [0.2, 0.25) is 0 Å². The Bertz CT molecular complexity index is 783. The van der Waals surface area contributed by atoms with Crippen LogP contribution in [0.15, 0.2) is 48.5 Å². The standard InChI is InChI=1S/C26H32N2O2.2BrH/c29-25(19-27-15-3-1-4-16-27)23-11-7-21(8-12-23)22-9-13-24(14-10-22)26(30)20-28-17-5-2-6-18-28;;/h7-14H,1-6,15-20H2;2*1H. The van der Waals surface area contributed by atoms with Gasteiger partial charge >= 0.3 is 0 Å². The van der Waals surface area contributed by atoms with Gasteiger partial charge in [0.05, 0.1) is 13.1 Å². The van der Waals surface area contributed by atoms with Crippen LogP contribution in [0.4, 0.5) is 0 Å². The lowest BCUT2D eigenvalue weighted by Gasteiger charge is -2.25. The maximum atomic E-state index is 12.6. The van der Waals surface area contributed by atoms with E-state index in [9.17, 15) is 9.59 Å². The monoisotopic (exact) mass is 564 g/mol. The van der Waals surface area contributed by atoms with Gasteiger partial charge in [0.15, 0.2) is 11.6 Å². The number of carbonyl (C=O) groups excluding carboxylic acids is 2. The van der Waals surface area contributed by atoms with Gasteiger partial charge in [0.25, 0.3) is 0 Å². The summed E-state index contributed by atoms with van der Waals surface area (Å²) in [5, 5.41) is 0. The Labute approximate surface area is 212 Å². The van der Waals surface area contributed by atoms with E-state index in [0.717, 1.165) is 48.4 Å². The van der Waals surface area contributed by atoms with E-state index in [1.165, 1.54) is 38.5 Å². The molecule has 2 saturated heterocycles. The largest absolute Gasteiger partial charge is 0.296 e. The molecule has 2 fully saturated rings. The Morgan fingerprint density at radius 2 is 0.844 bits per heavy atom. The fourth-order valence-electron chi connectivity index (χ4n) is 4.52. The van der Waals surface area contributed by atoms with E-state index in [0.29, 0.717) is 13.1 Å². The van der Waals surface area contributed by atoms with Crippen LogP contribution in [0, 0.1) is 0 Å². The summed E-state index contributed by atoms with van der Waals surface area (Å²) in [6.45, 7) is 5.18. The number of halogens is 2. The third-order valence-corrected chi connectivity index (χ3v) is 6.38. The van der Waals surface area contributed by atoms with Crippen molar-refractivity contribution in [1.82, 2.24) is 9.80 Å². The number of rotatable bonds is 7. The molecule has 2 heterocycles. The predicted molar refractivity (Wildman–Crippen MR) is 142 cm³/mol. The second kappa shape index (κ2) is 13.4. The molecule has 174 valence electrons. The molecule has 4 rings (SSSR count). The summed E-state index contributed by atoms with van der Waals surface area (Å²) in [4.78, 5) is 29.6. The molecule has 0 N–H and O–H groups in total. The molecule has 32 heavy (non-hydrogen) atoms. The molecule has 0 aliphatic carbocycles. The van der Waals surface area contributed by atoms with Gasteiger partial charge in [0, 0.05) is 11.1 Å². The van der Waals surface area contributed by atoms with Crippen molar-refractivity contribution in [3.05, 3.63) is 59.7 Å². The highest BCUT2D eigenvalue weighted by Crippen LogP contribution is 2.21. The normalized spacial score (nSPS) is 17.1. The number of hydrogen-bond donors (Lipinski definition) is 0. The number of ketones is 2. The number of piperidine rings is 2. The van der Waals surface area contributed by atoms with E-state index >= 15 is 0 Å². The molecule has 2 aromatic rings. The van der Waals surface area contributed by atoms with Crippen LogP contribution >= 0.6 is 34.0 Å². The summed E-state index contributed by atoms with van der Waals surface area (Å²) >= 11 is 0. The third kappa shape index (κ3) is 7.34. The second-order valence-electron chi connectivity index (χ2n) is 8.67. The van der Waals surface area contributed by atoms with E-state index in [2.05, 4.69) is 9.80 Å². The molecule has 0 amide bonds. The van der Waals surface area contributed by atoms with E-state index in [1.807, 2.05) is 48.5 Å². The lowest BCUT2D eigenvalue weighted by molar-refractivity contribution is 0.0908.